The first-order valence-corrected chi connectivity index (χ1v) is 10.5. The standard InChI is InChI=1S/C21H25NO5S/c1-12-19-15(22-20(12)21(24)27-7-8-28-4)9-14(10-16(19)23)13-5-6-17(25-2)18(11-13)26-3/h5-6,11,14,22H,7-10H2,1-4H3. The minimum atomic E-state index is -0.406. The second-order valence-corrected chi connectivity index (χ2v) is 7.74. The van der Waals surface area contributed by atoms with Gasteiger partial charge in [-0.1, -0.05) is 6.07 Å². The number of nitrogens with one attached hydrogen (secondary N) is 1. The average molecular weight is 404 g/mol. The van der Waals surface area contributed by atoms with Gasteiger partial charge in [-0.05, 0) is 48.8 Å². The van der Waals surface area contributed by atoms with Gasteiger partial charge in [0.25, 0.3) is 0 Å². The average Bonchev–Trinajstić information content (AvgIpc) is 3.04. The first-order valence-electron chi connectivity index (χ1n) is 9.12. The number of H-pyrrole nitrogens is 1. The van der Waals surface area contributed by atoms with Crippen LogP contribution in [0.3, 0.4) is 0 Å². The van der Waals surface area contributed by atoms with E-state index in [1.165, 1.54) is 0 Å². The minimum absolute atomic E-state index is 0.0122. The maximum Gasteiger partial charge on any atom is 0.355 e. The van der Waals surface area contributed by atoms with Crippen LogP contribution in [0.1, 0.15) is 50.0 Å². The molecule has 0 saturated heterocycles. The summed E-state index contributed by atoms with van der Waals surface area (Å²) in [5, 5.41) is 0. The Hall–Kier alpha value is -2.41. The van der Waals surface area contributed by atoms with Crippen molar-refractivity contribution in [3.05, 3.63) is 46.3 Å². The molecule has 2 aromatic rings. The number of fused-ring (bicyclic) bond motifs is 1. The van der Waals surface area contributed by atoms with Crippen LogP contribution in [0.5, 0.6) is 11.5 Å². The van der Waals surface area contributed by atoms with E-state index >= 15 is 0 Å². The number of esters is 1. The molecule has 1 aromatic heterocycles. The lowest BCUT2D eigenvalue weighted by molar-refractivity contribution is 0.0523. The summed E-state index contributed by atoms with van der Waals surface area (Å²) in [6.45, 7) is 2.15. The Morgan fingerprint density at radius 2 is 1.96 bits per heavy atom. The van der Waals surface area contributed by atoms with Crippen LogP contribution in [0, 0.1) is 6.92 Å². The molecule has 1 atom stereocenters. The molecule has 6 nitrogen and oxygen atoms in total. The molecule has 0 amide bonds. The van der Waals surface area contributed by atoms with Gasteiger partial charge in [-0.3, -0.25) is 4.79 Å². The molecule has 0 radical (unpaired) electrons. The number of Topliss-reactive ketones (excluding diaryl/α,β-unsaturated/α-hetero) is 1. The first-order chi connectivity index (χ1) is 13.5. The lowest BCUT2D eigenvalue weighted by atomic mass is 9.81. The van der Waals surface area contributed by atoms with E-state index in [9.17, 15) is 9.59 Å². The summed E-state index contributed by atoms with van der Waals surface area (Å²) in [4.78, 5) is 28.4. The maximum absolute atomic E-state index is 12.8. The Balaban J connectivity index is 1.86. The van der Waals surface area contributed by atoms with E-state index in [-0.39, 0.29) is 11.7 Å². The molecule has 28 heavy (non-hydrogen) atoms. The van der Waals surface area contributed by atoms with Crippen molar-refractivity contribution in [3.8, 4) is 11.5 Å². The predicted molar refractivity (Wildman–Crippen MR) is 109 cm³/mol. The van der Waals surface area contributed by atoms with Crippen LogP contribution in [-0.2, 0) is 11.2 Å². The normalized spacial score (nSPS) is 15.9. The van der Waals surface area contributed by atoms with Gasteiger partial charge in [-0.2, -0.15) is 11.8 Å². The molecular weight excluding hydrogens is 378 g/mol. The number of benzene rings is 1. The van der Waals surface area contributed by atoms with Crippen molar-refractivity contribution in [1.82, 2.24) is 4.98 Å². The van der Waals surface area contributed by atoms with Crippen molar-refractivity contribution in [3.63, 3.8) is 0 Å². The molecule has 0 aliphatic heterocycles. The van der Waals surface area contributed by atoms with E-state index in [2.05, 4.69) is 4.98 Å². The summed E-state index contributed by atoms with van der Waals surface area (Å²) < 4.78 is 16.0. The number of hydrogen-bond acceptors (Lipinski definition) is 6. The van der Waals surface area contributed by atoms with Crippen LogP contribution < -0.4 is 9.47 Å². The highest BCUT2D eigenvalue weighted by Gasteiger charge is 2.32. The number of aromatic nitrogens is 1. The first kappa shape index (κ1) is 20.3. The molecule has 1 unspecified atom stereocenters. The van der Waals surface area contributed by atoms with Gasteiger partial charge in [0.15, 0.2) is 17.3 Å². The third-order valence-corrected chi connectivity index (χ3v) is 5.67. The summed E-state index contributed by atoms with van der Waals surface area (Å²) in [6.07, 6.45) is 3.00. The Labute approximate surface area is 168 Å². The minimum Gasteiger partial charge on any atom is -0.493 e. The van der Waals surface area contributed by atoms with E-state index in [4.69, 9.17) is 14.2 Å². The van der Waals surface area contributed by atoms with Crippen LogP contribution in [0.4, 0.5) is 0 Å². The fourth-order valence-corrected chi connectivity index (χ4v) is 3.92. The Morgan fingerprint density at radius 3 is 2.64 bits per heavy atom. The van der Waals surface area contributed by atoms with Gasteiger partial charge in [-0.25, -0.2) is 4.79 Å². The van der Waals surface area contributed by atoms with Crippen LogP contribution in [-0.4, -0.2) is 49.6 Å². The van der Waals surface area contributed by atoms with Gasteiger partial charge in [0.05, 0.1) is 14.2 Å². The van der Waals surface area contributed by atoms with Gasteiger partial charge in [0.1, 0.15) is 12.3 Å². The molecule has 1 heterocycles. The zero-order valence-corrected chi connectivity index (χ0v) is 17.4. The van der Waals surface area contributed by atoms with Gasteiger partial charge in [0, 0.05) is 23.4 Å². The van der Waals surface area contributed by atoms with Gasteiger partial charge >= 0.3 is 5.97 Å². The molecule has 1 N–H and O–H groups in total. The molecule has 0 fully saturated rings. The lowest BCUT2D eigenvalue weighted by Gasteiger charge is -2.23. The van der Waals surface area contributed by atoms with Crippen molar-refractivity contribution < 1.29 is 23.8 Å². The van der Waals surface area contributed by atoms with Crippen molar-refractivity contribution in [2.24, 2.45) is 0 Å². The molecule has 0 saturated carbocycles. The van der Waals surface area contributed by atoms with Crippen molar-refractivity contribution in [2.75, 3.05) is 32.8 Å². The number of thioether (sulfide) groups is 1. The topological polar surface area (TPSA) is 77.6 Å². The monoisotopic (exact) mass is 403 g/mol. The molecule has 150 valence electrons. The van der Waals surface area contributed by atoms with E-state index in [0.29, 0.717) is 47.8 Å². The van der Waals surface area contributed by atoms with Gasteiger partial charge in [-0.15, -0.1) is 0 Å². The molecule has 1 aliphatic rings. The number of hydrogen-bond donors (Lipinski definition) is 1. The zero-order valence-electron chi connectivity index (χ0n) is 16.6. The zero-order chi connectivity index (χ0) is 20.3. The lowest BCUT2D eigenvalue weighted by Crippen LogP contribution is -2.18. The molecular formula is C21H25NO5S. The number of carbonyl (C=O) groups is 2. The highest BCUT2D eigenvalue weighted by atomic mass is 32.2. The third-order valence-electron chi connectivity index (χ3n) is 5.09. The smallest absolute Gasteiger partial charge is 0.355 e. The highest BCUT2D eigenvalue weighted by molar-refractivity contribution is 7.98. The fraction of sp³-hybridized carbons (Fsp3) is 0.429. The molecule has 3 rings (SSSR count). The summed E-state index contributed by atoms with van der Waals surface area (Å²) >= 11 is 1.61. The second kappa shape index (κ2) is 8.73. The molecule has 0 spiro atoms. The van der Waals surface area contributed by atoms with Crippen LogP contribution in [0.15, 0.2) is 18.2 Å². The van der Waals surface area contributed by atoms with E-state index in [0.717, 1.165) is 17.0 Å². The van der Waals surface area contributed by atoms with E-state index in [1.54, 1.807) is 32.9 Å². The summed E-state index contributed by atoms with van der Waals surface area (Å²) in [5.41, 5.74) is 3.50. The Morgan fingerprint density at radius 1 is 1.21 bits per heavy atom. The summed E-state index contributed by atoms with van der Waals surface area (Å²) in [5.74, 6) is 1.68. The summed E-state index contributed by atoms with van der Waals surface area (Å²) in [7, 11) is 3.19. The van der Waals surface area contributed by atoms with E-state index in [1.807, 2.05) is 24.5 Å². The predicted octanol–water partition coefficient (Wildman–Crippen LogP) is 3.77. The van der Waals surface area contributed by atoms with E-state index < -0.39 is 5.97 Å². The molecule has 1 aromatic carbocycles. The molecule has 7 heteroatoms. The number of aromatic amines is 1. The number of carbonyl (C=O) groups excluding carboxylic acids is 2. The van der Waals surface area contributed by atoms with Crippen LogP contribution in [0.25, 0.3) is 0 Å². The third kappa shape index (κ3) is 3.90. The fourth-order valence-electron chi connectivity index (χ4n) is 3.67. The SMILES string of the molecule is COc1ccc(C2CC(=O)c3c([nH]c(C(=O)OCCSC)c3C)C2)cc1OC. The van der Waals surface area contributed by atoms with Crippen LogP contribution in [0.2, 0.25) is 0 Å². The van der Waals surface area contributed by atoms with Crippen molar-refractivity contribution in [1.29, 1.82) is 0 Å². The van der Waals surface area contributed by atoms with Crippen molar-refractivity contribution >= 4 is 23.5 Å². The number of ketones is 1. The maximum atomic E-state index is 12.8. The van der Waals surface area contributed by atoms with Crippen molar-refractivity contribution in [2.45, 2.75) is 25.7 Å². The number of rotatable bonds is 7. The highest BCUT2D eigenvalue weighted by Crippen LogP contribution is 2.38. The summed E-state index contributed by atoms with van der Waals surface area (Å²) in [6, 6.07) is 5.72. The van der Waals surface area contributed by atoms with Crippen LogP contribution >= 0.6 is 11.8 Å². The Bertz CT molecular complexity index is 889. The quantitative estimate of drug-likeness (QED) is 0.560. The Kier molecular flexibility index (Phi) is 6.34. The van der Waals surface area contributed by atoms with Gasteiger partial charge in [0.2, 0.25) is 0 Å². The van der Waals surface area contributed by atoms with Gasteiger partial charge < -0.3 is 19.2 Å². The largest absolute Gasteiger partial charge is 0.493 e. The number of ether oxygens (including phenoxy) is 3. The number of methoxy groups -OCH3 is 2. The molecule has 0 bridgehead atoms. The molecule has 1 aliphatic carbocycles. The second-order valence-electron chi connectivity index (χ2n) is 6.75.